The van der Waals surface area contributed by atoms with Gasteiger partial charge in [0.25, 0.3) is 5.91 Å². The molecule has 25 heavy (non-hydrogen) atoms. The maximum absolute atomic E-state index is 12.6. The van der Waals surface area contributed by atoms with Gasteiger partial charge in [-0.25, -0.2) is 9.67 Å². The van der Waals surface area contributed by atoms with Crippen molar-refractivity contribution < 1.29 is 14.3 Å². The first-order chi connectivity index (χ1) is 11.8. The third-order valence-electron chi connectivity index (χ3n) is 4.12. The van der Waals surface area contributed by atoms with E-state index in [9.17, 15) is 9.59 Å². The van der Waals surface area contributed by atoms with Crippen molar-refractivity contribution in [2.45, 2.75) is 25.8 Å². The molecule has 0 bridgehead atoms. The molecule has 0 radical (unpaired) electrons. The van der Waals surface area contributed by atoms with Gasteiger partial charge < -0.3 is 9.64 Å². The summed E-state index contributed by atoms with van der Waals surface area (Å²) < 4.78 is 7.11. The molecule has 1 aliphatic heterocycles. The molecule has 2 aromatic rings. The number of nitrogens with zero attached hydrogens (tertiary/aromatic N) is 4. The fourth-order valence-corrected chi connectivity index (χ4v) is 2.61. The molecule has 8 heteroatoms. The van der Waals surface area contributed by atoms with E-state index in [0.29, 0.717) is 17.9 Å². The van der Waals surface area contributed by atoms with E-state index in [4.69, 9.17) is 4.74 Å². The monoisotopic (exact) mass is 343 g/mol. The van der Waals surface area contributed by atoms with E-state index < -0.39 is 0 Å². The van der Waals surface area contributed by atoms with Crippen molar-refractivity contribution in [1.82, 2.24) is 19.7 Å². The van der Waals surface area contributed by atoms with Crippen molar-refractivity contribution >= 4 is 17.8 Å². The number of anilines is 1. The van der Waals surface area contributed by atoms with E-state index in [1.807, 2.05) is 12.1 Å². The zero-order valence-corrected chi connectivity index (χ0v) is 14.7. The molecule has 1 aliphatic rings. The van der Waals surface area contributed by atoms with Crippen LogP contribution >= 0.6 is 0 Å². The first-order valence-electron chi connectivity index (χ1n) is 7.95. The van der Waals surface area contributed by atoms with Crippen LogP contribution in [0.2, 0.25) is 0 Å². The van der Waals surface area contributed by atoms with Crippen LogP contribution in [-0.4, -0.2) is 52.2 Å². The number of hydrogen-bond acceptors (Lipinski definition) is 5. The van der Waals surface area contributed by atoms with Crippen LogP contribution in [0, 0.1) is 0 Å². The van der Waals surface area contributed by atoms with Crippen LogP contribution in [0.5, 0.6) is 5.75 Å². The number of likely N-dealkylation sites (N-methyl/N-ethyl adjacent to an activating group) is 1. The average Bonchev–Trinajstić information content (AvgIpc) is 3.11. The molecule has 1 N–H and O–H groups in total. The lowest BCUT2D eigenvalue weighted by Gasteiger charge is -2.14. The zero-order valence-electron chi connectivity index (χ0n) is 14.7. The minimum Gasteiger partial charge on any atom is -0.492 e. The predicted octanol–water partition coefficient (Wildman–Crippen LogP) is 1.29. The van der Waals surface area contributed by atoms with E-state index in [1.54, 1.807) is 20.2 Å². The number of hydrogen-bond donors (Lipinski definition) is 1. The van der Waals surface area contributed by atoms with Gasteiger partial charge in [-0.3, -0.25) is 14.9 Å². The molecule has 2 heterocycles. The average molecular weight is 343 g/mol. The van der Waals surface area contributed by atoms with Crippen LogP contribution in [0.1, 0.15) is 29.8 Å². The summed E-state index contributed by atoms with van der Waals surface area (Å²) in [4.78, 5) is 29.7. The number of carbonyl (C=O) groups is 2. The van der Waals surface area contributed by atoms with Gasteiger partial charge in [-0.05, 0) is 6.07 Å². The molecule has 0 saturated carbocycles. The number of rotatable bonds is 4. The molecular formula is C17H21N5O3. The maximum atomic E-state index is 12.6. The number of amides is 2. The summed E-state index contributed by atoms with van der Waals surface area (Å²) in [5, 5.41) is 6.76. The molecule has 0 saturated heterocycles. The highest BCUT2D eigenvalue weighted by Crippen LogP contribution is 2.40. The molecule has 0 fully saturated rings. The summed E-state index contributed by atoms with van der Waals surface area (Å²) in [5.41, 5.74) is 1.33. The van der Waals surface area contributed by atoms with E-state index in [0.717, 1.165) is 5.56 Å². The highest BCUT2D eigenvalue weighted by Gasteiger charge is 2.34. The second-order valence-corrected chi connectivity index (χ2v) is 6.86. The molecule has 3 rings (SSSR count). The summed E-state index contributed by atoms with van der Waals surface area (Å²) in [5.74, 6) is 0.296. The first kappa shape index (κ1) is 16.9. The summed E-state index contributed by atoms with van der Waals surface area (Å²) in [6.45, 7) is 4.75. The van der Waals surface area contributed by atoms with Gasteiger partial charge in [-0.15, -0.1) is 5.10 Å². The Bertz CT molecular complexity index is 825. The third-order valence-corrected chi connectivity index (χ3v) is 4.12. The number of para-hydroxylation sites is 1. The molecule has 132 valence electrons. The number of benzene rings is 1. The number of carbonyl (C=O) groups excluding carboxylic acids is 2. The molecule has 0 atom stereocenters. The Morgan fingerprint density at radius 1 is 1.36 bits per heavy atom. The van der Waals surface area contributed by atoms with Gasteiger partial charge in [0, 0.05) is 25.1 Å². The minimum absolute atomic E-state index is 0.0634. The van der Waals surface area contributed by atoms with Gasteiger partial charge in [0.15, 0.2) is 0 Å². The van der Waals surface area contributed by atoms with Gasteiger partial charge in [-0.2, -0.15) is 0 Å². The fourth-order valence-electron chi connectivity index (χ4n) is 2.61. The van der Waals surface area contributed by atoms with Crippen LogP contribution in [-0.2, 0) is 16.8 Å². The Morgan fingerprint density at radius 2 is 2.12 bits per heavy atom. The molecule has 0 aliphatic carbocycles. The Morgan fingerprint density at radius 3 is 2.84 bits per heavy atom. The molecular weight excluding hydrogens is 322 g/mol. The lowest BCUT2D eigenvalue weighted by molar-refractivity contribution is -0.129. The van der Waals surface area contributed by atoms with Crippen molar-refractivity contribution in [3.8, 4) is 5.75 Å². The SMILES string of the molecule is CN(C)C(=O)Cn1cnc(NC(=O)c2cccc3c2OCC3(C)C)n1. The Kier molecular flexibility index (Phi) is 4.20. The quantitative estimate of drug-likeness (QED) is 0.903. The maximum Gasteiger partial charge on any atom is 0.261 e. The molecule has 0 spiro atoms. The van der Waals surface area contributed by atoms with Crippen molar-refractivity contribution in [2.75, 3.05) is 26.0 Å². The van der Waals surface area contributed by atoms with Gasteiger partial charge in [0.05, 0.1) is 12.2 Å². The highest BCUT2D eigenvalue weighted by atomic mass is 16.5. The summed E-state index contributed by atoms with van der Waals surface area (Å²) in [7, 11) is 3.33. The summed E-state index contributed by atoms with van der Waals surface area (Å²) >= 11 is 0. The largest absolute Gasteiger partial charge is 0.492 e. The van der Waals surface area contributed by atoms with Crippen LogP contribution in [0.25, 0.3) is 0 Å². The van der Waals surface area contributed by atoms with Crippen LogP contribution < -0.4 is 10.1 Å². The van der Waals surface area contributed by atoms with Crippen molar-refractivity contribution in [1.29, 1.82) is 0 Å². The lowest BCUT2D eigenvalue weighted by atomic mass is 9.86. The molecule has 1 aromatic heterocycles. The van der Waals surface area contributed by atoms with E-state index >= 15 is 0 Å². The first-order valence-corrected chi connectivity index (χ1v) is 7.95. The molecule has 2 amide bonds. The minimum atomic E-state index is -0.341. The number of fused-ring (bicyclic) bond motifs is 1. The van der Waals surface area contributed by atoms with Crippen LogP contribution in [0.15, 0.2) is 24.5 Å². The Labute approximate surface area is 145 Å². The molecule has 0 unspecified atom stereocenters. The lowest BCUT2D eigenvalue weighted by Crippen LogP contribution is -2.26. The van der Waals surface area contributed by atoms with E-state index in [2.05, 4.69) is 29.2 Å². The van der Waals surface area contributed by atoms with E-state index in [-0.39, 0.29) is 29.7 Å². The number of nitrogens with one attached hydrogen (secondary N) is 1. The standard InChI is InChI=1S/C17H21N5O3/c1-17(2)9-25-14-11(6-5-7-12(14)17)15(24)19-16-18-10-22(20-16)8-13(23)21(3)4/h5-7,10H,8-9H2,1-4H3,(H,19,20,24). The zero-order chi connectivity index (χ0) is 18.2. The predicted molar refractivity (Wildman–Crippen MR) is 91.6 cm³/mol. The number of ether oxygens (including phenoxy) is 1. The van der Waals surface area contributed by atoms with E-state index in [1.165, 1.54) is 15.9 Å². The number of aromatic nitrogens is 3. The second kappa shape index (κ2) is 6.19. The Balaban J connectivity index is 1.75. The van der Waals surface area contributed by atoms with Crippen LogP contribution in [0.3, 0.4) is 0 Å². The van der Waals surface area contributed by atoms with Gasteiger partial charge in [0.2, 0.25) is 11.9 Å². The van der Waals surface area contributed by atoms with Crippen molar-refractivity contribution in [3.63, 3.8) is 0 Å². The fraction of sp³-hybridized carbons (Fsp3) is 0.412. The van der Waals surface area contributed by atoms with Crippen molar-refractivity contribution in [3.05, 3.63) is 35.7 Å². The molecule has 8 nitrogen and oxygen atoms in total. The third kappa shape index (κ3) is 3.33. The van der Waals surface area contributed by atoms with Crippen LogP contribution in [0.4, 0.5) is 5.95 Å². The van der Waals surface area contributed by atoms with Crippen molar-refractivity contribution in [2.24, 2.45) is 0 Å². The topological polar surface area (TPSA) is 89.4 Å². The highest BCUT2D eigenvalue weighted by molar-refractivity contribution is 6.05. The summed E-state index contributed by atoms with van der Waals surface area (Å²) in [6, 6.07) is 5.52. The Hall–Kier alpha value is -2.90. The smallest absolute Gasteiger partial charge is 0.261 e. The van der Waals surface area contributed by atoms with Gasteiger partial charge in [-0.1, -0.05) is 26.0 Å². The van der Waals surface area contributed by atoms with Gasteiger partial charge >= 0.3 is 0 Å². The second-order valence-electron chi connectivity index (χ2n) is 6.86. The normalized spacial score (nSPS) is 14.6. The summed E-state index contributed by atoms with van der Waals surface area (Å²) in [6.07, 6.45) is 1.41. The molecule has 1 aromatic carbocycles. The van der Waals surface area contributed by atoms with Gasteiger partial charge in [0.1, 0.15) is 18.6 Å².